The molecule has 0 aliphatic rings. The number of hydrogen-bond acceptors (Lipinski definition) is 7. The number of amides is 1. The molecule has 0 fully saturated rings. The molecule has 1 aromatic heterocycles. The zero-order valence-electron chi connectivity index (χ0n) is 20.2. The number of anilines is 2. The van der Waals surface area contributed by atoms with Gasteiger partial charge in [-0.15, -0.1) is 11.3 Å². The third kappa shape index (κ3) is 5.82. The molecule has 0 atom stereocenters. The molecule has 0 N–H and O–H groups in total. The quantitative estimate of drug-likeness (QED) is 0.312. The number of hydrogen-bond donors (Lipinski definition) is 0. The number of rotatable bonds is 8. The van der Waals surface area contributed by atoms with Crippen LogP contribution in [-0.2, 0) is 20.9 Å². The zero-order valence-corrected chi connectivity index (χ0v) is 21.0. The second kappa shape index (κ2) is 11.0. The lowest BCUT2D eigenvalue weighted by Gasteiger charge is -2.23. The van der Waals surface area contributed by atoms with Crippen molar-refractivity contribution in [1.82, 2.24) is 4.98 Å². The van der Waals surface area contributed by atoms with E-state index in [1.54, 1.807) is 30.2 Å². The number of aryl methyl sites for hydroxylation is 3. The van der Waals surface area contributed by atoms with E-state index in [0.717, 1.165) is 27.9 Å². The zero-order chi connectivity index (χ0) is 24.8. The van der Waals surface area contributed by atoms with Crippen LogP contribution in [0.5, 0.6) is 11.5 Å². The number of carbonyl (C=O) groups excluding carboxylic acids is 2. The van der Waals surface area contributed by atoms with Crippen molar-refractivity contribution in [1.29, 1.82) is 0 Å². The summed E-state index contributed by atoms with van der Waals surface area (Å²) in [7, 11) is 2.88. The van der Waals surface area contributed by atoms with Crippen LogP contribution in [0.25, 0.3) is 6.08 Å². The van der Waals surface area contributed by atoms with E-state index in [-0.39, 0.29) is 12.5 Å². The van der Waals surface area contributed by atoms with E-state index in [1.165, 1.54) is 31.4 Å². The summed E-state index contributed by atoms with van der Waals surface area (Å²) in [6, 6.07) is 9.47. The summed E-state index contributed by atoms with van der Waals surface area (Å²) in [4.78, 5) is 30.2. The predicted octanol–water partition coefficient (Wildman–Crippen LogP) is 5.53. The maximum absolute atomic E-state index is 12.6. The number of carbonyl (C=O) groups is 2. The fraction of sp³-hybridized carbons (Fsp3) is 0.269. The Morgan fingerprint density at radius 3 is 2.38 bits per heavy atom. The highest BCUT2D eigenvalue weighted by molar-refractivity contribution is 7.14. The Kier molecular flexibility index (Phi) is 8.07. The molecule has 178 valence electrons. The largest absolute Gasteiger partial charge is 0.493 e. The number of aromatic nitrogens is 1. The van der Waals surface area contributed by atoms with Crippen LogP contribution in [0.3, 0.4) is 0 Å². The number of thiazole rings is 1. The van der Waals surface area contributed by atoms with Crippen molar-refractivity contribution in [3.8, 4) is 11.5 Å². The molecule has 2 aromatic carbocycles. The average Bonchev–Trinajstić information content (AvgIpc) is 3.26. The molecule has 0 saturated heterocycles. The van der Waals surface area contributed by atoms with Gasteiger partial charge in [0.25, 0.3) is 0 Å². The lowest BCUT2D eigenvalue weighted by Crippen LogP contribution is -2.24. The molecule has 0 aliphatic carbocycles. The van der Waals surface area contributed by atoms with Crippen LogP contribution in [0.2, 0.25) is 0 Å². The summed E-state index contributed by atoms with van der Waals surface area (Å²) >= 11 is 1.39. The monoisotopic (exact) mass is 480 g/mol. The molecular formula is C26H28N2O5S. The lowest BCUT2D eigenvalue weighted by molar-refractivity contribution is -0.134. The Bertz CT molecular complexity index is 1210. The Hall–Kier alpha value is -3.65. The van der Waals surface area contributed by atoms with Gasteiger partial charge in [-0.05, 0) is 55.7 Å². The van der Waals surface area contributed by atoms with Crippen molar-refractivity contribution in [2.45, 2.75) is 34.3 Å². The van der Waals surface area contributed by atoms with Gasteiger partial charge < -0.3 is 14.2 Å². The van der Waals surface area contributed by atoms with E-state index in [2.05, 4.69) is 21.9 Å². The molecule has 0 aliphatic heterocycles. The smallest absolute Gasteiger partial charge is 0.330 e. The second-order valence-electron chi connectivity index (χ2n) is 7.78. The topological polar surface area (TPSA) is 78.0 Å². The van der Waals surface area contributed by atoms with Gasteiger partial charge in [-0.1, -0.05) is 23.8 Å². The first-order valence-electron chi connectivity index (χ1n) is 10.6. The normalized spacial score (nSPS) is 10.9. The van der Waals surface area contributed by atoms with Crippen LogP contribution in [-0.4, -0.2) is 31.1 Å². The van der Waals surface area contributed by atoms with Gasteiger partial charge >= 0.3 is 5.97 Å². The number of ether oxygens (including phenoxy) is 3. The van der Waals surface area contributed by atoms with Gasteiger partial charge in [0, 0.05) is 18.4 Å². The number of benzene rings is 2. The molecule has 1 amide bonds. The van der Waals surface area contributed by atoms with Crippen LogP contribution in [0.1, 0.15) is 34.9 Å². The second-order valence-corrected chi connectivity index (χ2v) is 8.62. The van der Waals surface area contributed by atoms with Crippen molar-refractivity contribution >= 4 is 40.1 Å². The third-order valence-electron chi connectivity index (χ3n) is 5.08. The molecule has 0 saturated carbocycles. The van der Waals surface area contributed by atoms with E-state index >= 15 is 0 Å². The lowest BCUT2D eigenvalue weighted by atomic mass is 10.0. The van der Waals surface area contributed by atoms with Gasteiger partial charge in [0.15, 0.2) is 16.6 Å². The average molecular weight is 481 g/mol. The van der Waals surface area contributed by atoms with Crippen molar-refractivity contribution in [2.24, 2.45) is 0 Å². The molecule has 3 rings (SSSR count). The van der Waals surface area contributed by atoms with Crippen LogP contribution >= 0.6 is 11.3 Å². The van der Waals surface area contributed by atoms with Crippen LogP contribution in [0.4, 0.5) is 10.8 Å². The molecule has 34 heavy (non-hydrogen) atoms. The van der Waals surface area contributed by atoms with Crippen LogP contribution in [0.15, 0.2) is 41.8 Å². The Morgan fingerprint density at radius 1 is 1.06 bits per heavy atom. The van der Waals surface area contributed by atoms with E-state index in [1.807, 2.05) is 32.2 Å². The minimum absolute atomic E-state index is 0.103. The van der Waals surface area contributed by atoms with Crippen molar-refractivity contribution < 1.29 is 23.8 Å². The molecular weight excluding hydrogens is 452 g/mol. The predicted molar refractivity (Wildman–Crippen MR) is 134 cm³/mol. The van der Waals surface area contributed by atoms with Gasteiger partial charge in [-0.2, -0.15) is 0 Å². The first-order valence-corrected chi connectivity index (χ1v) is 11.5. The van der Waals surface area contributed by atoms with Crippen molar-refractivity contribution in [2.75, 3.05) is 19.1 Å². The van der Waals surface area contributed by atoms with Crippen LogP contribution < -0.4 is 14.4 Å². The van der Waals surface area contributed by atoms with Gasteiger partial charge in [0.05, 0.1) is 25.6 Å². The van der Waals surface area contributed by atoms with E-state index < -0.39 is 5.97 Å². The minimum Gasteiger partial charge on any atom is -0.493 e. The number of methoxy groups -OCH3 is 2. The number of nitrogens with zero attached hydrogens (tertiary/aromatic N) is 2. The fourth-order valence-electron chi connectivity index (χ4n) is 3.67. The SMILES string of the molecule is COC(=O)/C=C/c1ccc(OCc2csc(N(C(C)=O)c3c(C)cc(C)cc3C)n2)c(OC)c1. The maximum atomic E-state index is 12.6. The van der Waals surface area contributed by atoms with Gasteiger partial charge in [0.2, 0.25) is 5.91 Å². The highest BCUT2D eigenvalue weighted by atomic mass is 32.1. The third-order valence-corrected chi connectivity index (χ3v) is 5.96. The van der Waals surface area contributed by atoms with Gasteiger partial charge in [-0.3, -0.25) is 9.69 Å². The first kappa shape index (κ1) is 25.0. The summed E-state index contributed by atoms with van der Waals surface area (Å²) in [5.41, 5.74) is 5.52. The molecule has 7 nitrogen and oxygen atoms in total. The maximum Gasteiger partial charge on any atom is 0.330 e. The summed E-state index contributed by atoms with van der Waals surface area (Å²) in [6.07, 6.45) is 2.97. The molecule has 0 spiro atoms. The Labute approximate surface area is 203 Å². The molecule has 3 aromatic rings. The molecule has 0 radical (unpaired) electrons. The molecule has 0 bridgehead atoms. The first-order chi connectivity index (χ1) is 16.2. The van der Waals surface area contributed by atoms with Crippen molar-refractivity contribution in [3.63, 3.8) is 0 Å². The molecule has 1 heterocycles. The standard InChI is InChI=1S/C26H28N2O5S/c1-16-11-17(2)25(18(3)12-16)28(19(4)29)26-27-21(15-34-26)14-33-22-9-7-20(13-23(22)31-5)8-10-24(30)32-6/h7-13,15H,14H2,1-6H3/b10-8+. The summed E-state index contributed by atoms with van der Waals surface area (Å²) in [5, 5.41) is 2.47. The van der Waals surface area contributed by atoms with E-state index in [4.69, 9.17) is 9.47 Å². The van der Waals surface area contributed by atoms with Crippen LogP contribution in [0, 0.1) is 20.8 Å². The Balaban J connectivity index is 1.79. The van der Waals surface area contributed by atoms with E-state index in [9.17, 15) is 9.59 Å². The van der Waals surface area contributed by atoms with Crippen molar-refractivity contribution in [3.05, 3.63) is 69.7 Å². The Morgan fingerprint density at radius 2 is 1.76 bits per heavy atom. The molecule has 0 unspecified atom stereocenters. The summed E-state index contributed by atoms with van der Waals surface area (Å²) < 4.78 is 16.0. The summed E-state index contributed by atoms with van der Waals surface area (Å²) in [6.45, 7) is 7.79. The summed E-state index contributed by atoms with van der Waals surface area (Å²) in [5.74, 6) is 0.531. The highest BCUT2D eigenvalue weighted by Gasteiger charge is 2.22. The number of esters is 1. The molecule has 8 heteroatoms. The van der Waals surface area contributed by atoms with Gasteiger partial charge in [0.1, 0.15) is 6.61 Å². The van der Waals surface area contributed by atoms with E-state index in [0.29, 0.717) is 22.3 Å². The highest BCUT2D eigenvalue weighted by Crippen LogP contribution is 2.35. The minimum atomic E-state index is -0.436. The fourth-order valence-corrected chi connectivity index (χ4v) is 4.53. The van der Waals surface area contributed by atoms with Gasteiger partial charge in [-0.25, -0.2) is 9.78 Å².